The molecule has 8 heteroatoms. The number of hydrogen-bond donors (Lipinski definition) is 3. The Balaban J connectivity index is 2.02. The van der Waals surface area contributed by atoms with E-state index in [1.54, 1.807) is 21.3 Å². The number of aryl methyl sites for hydroxylation is 1. The van der Waals surface area contributed by atoms with E-state index >= 15 is 0 Å². The van der Waals surface area contributed by atoms with Crippen LogP contribution in [0.3, 0.4) is 0 Å². The van der Waals surface area contributed by atoms with E-state index in [9.17, 15) is 5.11 Å². The van der Waals surface area contributed by atoms with Gasteiger partial charge in [-0.15, -0.1) is 0 Å². The highest BCUT2D eigenvalue weighted by atomic mass is 28.4. The molecule has 0 radical (unpaired) electrons. The van der Waals surface area contributed by atoms with Gasteiger partial charge in [-0.1, -0.05) is 18.2 Å². The maximum atomic E-state index is 9.97. The molecule has 0 amide bonds. The molecule has 0 bridgehead atoms. The molecule has 0 spiro atoms. The van der Waals surface area contributed by atoms with E-state index in [4.69, 9.17) is 18.0 Å². The molecule has 1 aromatic carbocycles. The SMILES string of the molecule is CO[Si](CCCNCCNCC(O)COc1ccccc1C)(OC)OC. The van der Waals surface area contributed by atoms with Gasteiger partial charge in [0.1, 0.15) is 18.5 Å². The number of ether oxygens (including phenoxy) is 1. The van der Waals surface area contributed by atoms with Crippen LogP contribution in [0.15, 0.2) is 24.3 Å². The molecule has 7 nitrogen and oxygen atoms in total. The van der Waals surface area contributed by atoms with Crippen molar-refractivity contribution in [1.29, 1.82) is 0 Å². The van der Waals surface area contributed by atoms with E-state index in [0.29, 0.717) is 6.54 Å². The smallest absolute Gasteiger partial charge is 0.491 e. The molecule has 0 aliphatic carbocycles. The summed E-state index contributed by atoms with van der Waals surface area (Å²) < 4.78 is 21.8. The molecule has 0 heterocycles. The van der Waals surface area contributed by atoms with Gasteiger partial charge in [0, 0.05) is 47.0 Å². The van der Waals surface area contributed by atoms with Crippen molar-refractivity contribution in [3.8, 4) is 5.75 Å². The van der Waals surface area contributed by atoms with Crippen molar-refractivity contribution in [1.82, 2.24) is 10.6 Å². The Hall–Kier alpha value is -1.00. The van der Waals surface area contributed by atoms with Gasteiger partial charge in [-0.05, 0) is 31.5 Å². The summed E-state index contributed by atoms with van der Waals surface area (Å²) in [5.74, 6) is 0.816. The summed E-state index contributed by atoms with van der Waals surface area (Å²) in [5.41, 5.74) is 1.07. The van der Waals surface area contributed by atoms with Crippen LogP contribution >= 0.6 is 0 Å². The van der Waals surface area contributed by atoms with Gasteiger partial charge in [0.05, 0.1) is 0 Å². The van der Waals surface area contributed by atoms with Gasteiger partial charge in [-0.25, -0.2) is 0 Å². The fourth-order valence-corrected chi connectivity index (χ4v) is 4.24. The van der Waals surface area contributed by atoms with E-state index in [-0.39, 0.29) is 6.61 Å². The molecule has 1 rings (SSSR count). The third-order valence-electron chi connectivity index (χ3n) is 4.15. The van der Waals surface area contributed by atoms with E-state index in [1.807, 2.05) is 31.2 Å². The monoisotopic (exact) mass is 386 g/mol. The molecule has 1 aromatic rings. The van der Waals surface area contributed by atoms with Gasteiger partial charge in [0.25, 0.3) is 0 Å². The predicted molar refractivity (Wildman–Crippen MR) is 105 cm³/mol. The summed E-state index contributed by atoms with van der Waals surface area (Å²) in [6, 6.07) is 8.58. The number of aliphatic hydroxyl groups is 1. The standard InChI is InChI=1S/C18H34N2O5Si/c1-16-8-5-6-9-18(16)25-15-17(21)14-20-12-11-19-10-7-13-26(22-2,23-3)24-4/h5-6,8-9,17,19-21H,7,10-15H2,1-4H3. The second kappa shape index (κ2) is 13.2. The molecular formula is C18H34N2O5Si. The molecule has 1 unspecified atom stereocenters. The van der Waals surface area contributed by atoms with Crippen molar-refractivity contribution in [2.45, 2.75) is 25.5 Å². The van der Waals surface area contributed by atoms with Gasteiger partial charge < -0.3 is 33.8 Å². The maximum absolute atomic E-state index is 9.97. The molecule has 1 atom stereocenters. The van der Waals surface area contributed by atoms with Crippen molar-refractivity contribution in [3.05, 3.63) is 29.8 Å². The summed E-state index contributed by atoms with van der Waals surface area (Å²) in [6.07, 6.45) is 0.389. The fraction of sp³-hybridized carbons (Fsp3) is 0.667. The highest BCUT2D eigenvalue weighted by Crippen LogP contribution is 2.16. The Kier molecular flexibility index (Phi) is 11.7. The normalized spacial score (nSPS) is 13.0. The lowest BCUT2D eigenvalue weighted by atomic mass is 10.2. The Morgan fingerprint density at radius 1 is 1.00 bits per heavy atom. The average molecular weight is 387 g/mol. The predicted octanol–water partition coefficient (Wildman–Crippen LogP) is 1.18. The van der Waals surface area contributed by atoms with Crippen LogP contribution in [0, 0.1) is 6.92 Å². The van der Waals surface area contributed by atoms with Gasteiger partial charge in [0.15, 0.2) is 0 Å². The van der Waals surface area contributed by atoms with Crippen molar-refractivity contribution in [2.75, 3.05) is 54.1 Å². The molecule has 3 N–H and O–H groups in total. The number of benzene rings is 1. The van der Waals surface area contributed by atoms with Crippen LogP contribution in [0.1, 0.15) is 12.0 Å². The van der Waals surface area contributed by atoms with Crippen molar-refractivity contribution < 1.29 is 23.1 Å². The molecule has 0 saturated heterocycles. The molecule has 150 valence electrons. The number of rotatable bonds is 15. The highest BCUT2D eigenvalue weighted by Gasteiger charge is 2.36. The average Bonchev–Trinajstić information content (AvgIpc) is 2.67. The lowest BCUT2D eigenvalue weighted by Gasteiger charge is -2.24. The number of hydrogen-bond acceptors (Lipinski definition) is 7. The summed E-state index contributed by atoms with van der Waals surface area (Å²) in [7, 11) is 2.44. The summed E-state index contributed by atoms with van der Waals surface area (Å²) >= 11 is 0. The van der Waals surface area contributed by atoms with Crippen molar-refractivity contribution >= 4 is 8.80 Å². The van der Waals surface area contributed by atoms with Crippen molar-refractivity contribution in [3.63, 3.8) is 0 Å². The first-order chi connectivity index (χ1) is 12.6. The Bertz CT molecular complexity index is 480. The second-order valence-electron chi connectivity index (χ2n) is 6.08. The summed E-state index contributed by atoms with van der Waals surface area (Å²) in [6.45, 7) is 5.24. The third-order valence-corrected chi connectivity index (χ3v) is 6.98. The first kappa shape index (κ1) is 23.0. The van der Waals surface area contributed by atoms with Crippen LogP contribution in [-0.2, 0) is 13.3 Å². The molecule has 26 heavy (non-hydrogen) atoms. The minimum absolute atomic E-state index is 0.281. The number of aliphatic hydroxyl groups excluding tert-OH is 1. The Labute approximate surface area is 158 Å². The minimum atomic E-state index is -2.45. The lowest BCUT2D eigenvalue weighted by Crippen LogP contribution is -2.43. The van der Waals surface area contributed by atoms with Crippen LogP contribution in [0.2, 0.25) is 6.04 Å². The molecule has 0 fully saturated rings. The van der Waals surface area contributed by atoms with Gasteiger partial charge in [-0.2, -0.15) is 0 Å². The molecule has 0 aliphatic rings. The molecular weight excluding hydrogens is 352 g/mol. The van der Waals surface area contributed by atoms with E-state index < -0.39 is 14.9 Å². The zero-order valence-electron chi connectivity index (χ0n) is 16.4. The molecule has 0 aromatic heterocycles. The summed E-state index contributed by atoms with van der Waals surface area (Å²) in [5, 5.41) is 16.5. The second-order valence-corrected chi connectivity index (χ2v) is 9.17. The van der Waals surface area contributed by atoms with E-state index in [0.717, 1.165) is 43.4 Å². The Morgan fingerprint density at radius 3 is 2.31 bits per heavy atom. The number of para-hydroxylation sites is 1. The minimum Gasteiger partial charge on any atom is -0.491 e. The first-order valence-corrected chi connectivity index (χ1v) is 10.9. The lowest BCUT2D eigenvalue weighted by molar-refractivity contribution is 0.106. The zero-order valence-corrected chi connectivity index (χ0v) is 17.4. The largest absolute Gasteiger partial charge is 0.500 e. The third kappa shape index (κ3) is 8.59. The van der Waals surface area contributed by atoms with Crippen LogP contribution in [0.4, 0.5) is 0 Å². The zero-order chi connectivity index (χ0) is 19.3. The fourth-order valence-electron chi connectivity index (χ4n) is 2.52. The summed E-state index contributed by atoms with van der Waals surface area (Å²) in [4.78, 5) is 0. The topological polar surface area (TPSA) is 81.2 Å². The first-order valence-electron chi connectivity index (χ1n) is 9.00. The quantitative estimate of drug-likeness (QED) is 0.308. The Morgan fingerprint density at radius 2 is 1.65 bits per heavy atom. The van der Waals surface area contributed by atoms with Gasteiger partial charge >= 0.3 is 8.80 Å². The molecule has 0 aliphatic heterocycles. The number of nitrogens with one attached hydrogen (secondary N) is 2. The van der Waals surface area contributed by atoms with Gasteiger partial charge in [0.2, 0.25) is 0 Å². The highest BCUT2D eigenvalue weighted by molar-refractivity contribution is 6.60. The van der Waals surface area contributed by atoms with Crippen molar-refractivity contribution in [2.24, 2.45) is 0 Å². The van der Waals surface area contributed by atoms with E-state index in [2.05, 4.69) is 10.6 Å². The van der Waals surface area contributed by atoms with Gasteiger partial charge in [-0.3, -0.25) is 0 Å². The van der Waals surface area contributed by atoms with Crippen LogP contribution in [0.25, 0.3) is 0 Å². The van der Waals surface area contributed by atoms with Crippen LogP contribution in [-0.4, -0.2) is 74.1 Å². The van der Waals surface area contributed by atoms with Crippen LogP contribution in [0.5, 0.6) is 5.75 Å². The molecule has 0 saturated carbocycles. The van der Waals surface area contributed by atoms with Crippen LogP contribution < -0.4 is 15.4 Å². The maximum Gasteiger partial charge on any atom is 0.500 e. The van der Waals surface area contributed by atoms with E-state index in [1.165, 1.54) is 0 Å².